The highest BCUT2D eigenvalue weighted by Crippen LogP contribution is 2.03. The van der Waals surface area contributed by atoms with Gasteiger partial charge in [-0.1, -0.05) is 0 Å². The van der Waals surface area contributed by atoms with E-state index in [1.165, 1.54) is 13.2 Å². The fraction of sp³-hybridized carbons (Fsp3) is 0.125. The van der Waals surface area contributed by atoms with E-state index in [2.05, 4.69) is 10.2 Å². The van der Waals surface area contributed by atoms with Crippen LogP contribution in [0.5, 0.6) is 5.88 Å². The Bertz CT molecular complexity index is 280. The van der Waals surface area contributed by atoms with Gasteiger partial charge in [-0.3, -0.25) is 4.79 Å². The van der Waals surface area contributed by atoms with Crippen molar-refractivity contribution in [3.63, 3.8) is 0 Å². The van der Waals surface area contributed by atoms with Crippen LogP contribution in [0.15, 0.2) is 18.2 Å². The van der Waals surface area contributed by atoms with Crippen LogP contribution in [0, 0.1) is 0 Å². The number of rotatable bonds is 3. The third kappa shape index (κ3) is 2.16. The number of allylic oxidation sites excluding steroid dienone is 1. The van der Waals surface area contributed by atoms with Gasteiger partial charge in [0, 0.05) is 6.07 Å². The van der Waals surface area contributed by atoms with E-state index in [-0.39, 0.29) is 0 Å². The van der Waals surface area contributed by atoms with Gasteiger partial charge in [0.05, 0.1) is 12.8 Å². The topological polar surface area (TPSA) is 52.1 Å². The molecule has 1 aromatic rings. The van der Waals surface area contributed by atoms with Crippen LogP contribution in [0.4, 0.5) is 0 Å². The van der Waals surface area contributed by atoms with E-state index in [0.717, 1.165) is 0 Å². The normalized spacial score (nSPS) is 10.1. The molecule has 0 amide bonds. The van der Waals surface area contributed by atoms with Crippen LogP contribution < -0.4 is 4.74 Å². The Balaban J connectivity index is 2.77. The highest BCUT2D eigenvalue weighted by atomic mass is 16.5. The standard InChI is InChI=1S/C8H8N2O2/c1-12-8-5-4-7(9-10-8)3-2-6-11/h2-6H,1H3. The molecular weight excluding hydrogens is 156 g/mol. The van der Waals surface area contributed by atoms with E-state index < -0.39 is 0 Å². The summed E-state index contributed by atoms with van der Waals surface area (Å²) in [5.74, 6) is 0.457. The second kappa shape index (κ2) is 4.23. The molecule has 1 heterocycles. The van der Waals surface area contributed by atoms with Gasteiger partial charge >= 0.3 is 0 Å². The minimum Gasteiger partial charge on any atom is -0.480 e. The highest BCUT2D eigenvalue weighted by molar-refractivity contribution is 5.72. The molecule has 4 nitrogen and oxygen atoms in total. The Kier molecular flexibility index (Phi) is 2.95. The molecular formula is C8H8N2O2. The van der Waals surface area contributed by atoms with Crippen molar-refractivity contribution in [2.45, 2.75) is 0 Å². The van der Waals surface area contributed by atoms with Crippen LogP contribution >= 0.6 is 0 Å². The molecule has 62 valence electrons. The lowest BCUT2D eigenvalue weighted by atomic mass is 10.3. The van der Waals surface area contributed by atoms with Crippen LogP contribution in [-0.4, -0.2) is 23.6 Å². The third-order valence-corrected chi connectivity index (χ3v) is 1.22. The van der Waals surface area contributed by atoms with Gasteiger partial charge in [-0.25, -0.2) is 0 Å². The van der Waals surface area contributed by atoms with Gasteiger partial charge in [-0.2, -0.15) is 0 Å². The van der Waals surface area contributed by atoms with Gasteiger partial charge in [-0.05, 0) is 18.2 Å². The third-order valence-electron chi connectivity index (χ3n) is 1.22. The van der Waals surface area contributed by atoms with Crippen LogP contribution in [0.3, 0.4) is 0 Å². The Morgan fingerprint density at radius 1 is 1.42 bits per heavy atom. The molecule has 0 aliphatic carbocycles. The second-order valence-corrected chi connectivity index (χ2v) is 2.00. The maximum absolute atomic E-state index is 9.94. The number of methoxy groups -OCH3 is 1. The number of carbonyl (C=O) groups is 1. The summed E-state index contributed by atoms with van der Waals surface area (Å²) in [5.41, 5.74) is 0.628. The van der Waals surface area contributed by atoms with E-state index in [9.17, 15) is 4.79 Å². The molecule has 0 radical (unpaired) electrons. The molecule has 1 aromatic heterocycles. The molecule has 0 saturated heterocycles. The molecule has 0 fully saturated rings. The van der Waals surface area contributed by atoms with Crippen LogP contribution in [-0.2, 0) is 4.79 Å². The van der Waals surface area contributed by atoms with Crippen molar-refractivity contribution in [3.05, 3.63) is 23.9 Å². The van der Waals surface area contributed by atoms with Crippen molar-refractivity contribution in [1.82, 2.24) is 10.2 Å². The Morgan fingerprint density at radius 3 is 2.75 bits per heavy atom. The zero-order valence-corrected chi connectivity index (χ0v) is 6.60. The Hall–Kier alpha value is -1.71. The first-order valence-electron chi connectivity index (χ1n) is 3.36. The molecule has 0 N–H and O–H groups in total. The first-order valence-corrected chi connectivity index (χ1v) is 3.36. The number of aldehydes is 1. The minimum absolute atomic E-state index is 0.457. The summed E-state index contributed by atoms with van der Waals surface area (Å²) in [6, 6.07) is 3.39. The average molecular weight is 164 g/mol. The lowest BCUT2D eigenvalue weighted by Crippen LogP contribution is -1.91. The van der Waals surface area contributed by atoms with Crippen molar-refractivity contribution in [2.75, 3.05) is 7.11 Å². The lowest BCUT2D eigenvalue weighted by Gasteiger charge is -1.95. The molecule has 0 saturated carbocycles. The summed E-state index contributed by atoms with van der Waals surface area (Å²) in [5, 5.41) is 7.48. The first-order chi connectivity index (χ1) is 5.86. The zero-order valence-electron chi connectivity index (χ0n) is 6.60. The van der Waals surface area contributed by atoms with Gasteiger partial charge in [0.1, 0.15) is 6.29 Å². The van der Waals surface area contributed by atoms with Crippen molar-refractivity contribution >= 4 is 12.4 Å². The number of hydrogen-bond donors (Lipinski definition) is 0. The van der Waals surface area contributed by atoms with E-state index >= 15 is 0 Å². The number of aromatic nitrogens is 2. The predicted octanol–water partition coefficient (Wildman–Crippen LogP) is 0.697. The molecule has 0 aliphatic heterocycles. The summed E-state index contributed by atoms with van der Waals surface area (Å²) in [7, 11) is 1.52. The smallest absolute Gasteiger partial charge is 0.233 e. The van der Waals surface area contributed by atoms with Gasteiger partial charge in [0.2, 0.25) is 5.88 Å². The SMILES string of the molecule is COc1ccc(C=CC=O)nn1. The Morgan fingerprint density at radius 2 is 2.25 bits per heavy atom. The van der Waals surface area contributed by atoms with Crippen molar-refractivity contribution < 1.29 is 9.53 Å². The molecule has 0 spiro atoms. The number of hydrogen-bond acceptors (Lipinski definition) is 4. The van der Waals surface area contributed by atoms with Crippen molar-refractivity contribution in [1.29, 1.82) is 0 Å². The van der Waals surface area contributed by atoms with E-state index in [4.69, 9.17) is 4.74 Å². The van der Waals surface area contributed by atoms with E-state index in [0.29, 0.717) is 17.9 Å². The molecule has 0 bridgehead atoms. The molecule has 0 aliphatic rings. The molecule has 1 rings (SSSR count). The molecule has 0 aromatic carbocycles. The number of nitrogens with zero attached hydrogens (tertiary/aromatic N) is 2. The maximum Gasteiger partial charge on any atom is 0.233 e. The molecule has 12 heavy (non-hydrogen) atoms. The van der Waals surface area contributed by atoms with Crippen LogP contribution in [0.25, 0.3) is 6.08 Å². The predicted molar refractivity (Wildman–Crippen MR) is 43.7 cm³/mol. The van der Waals surface area contributed by atoms with Crippen LogP contribution in [0.1, 0.15) is 5.69 Å². The fourth-order valence-electron chi connectivity index (χ4n) is 0.666. The Labute approximate surface area is 69.9 Å². The molecule has 4 heteroatoms. The van der Waals surface area contributed by atoms with Gasteiger partial charge < -0.3 is 4.74 Å². The largest absolute Gasteiger partial charge is 0.480 e. The summed E-state index contributed by atoms with van der Waals surface area (Å²) < 4.78 is 4.81. The molecule has 0 unspecified atom stereocenters. The number of ether oxygens (including phenoxy) is 1. The lowest BCUT2D eigenvalue weighted by molar-refractivity contribution is -0.104. The summed E-state index contributed by atoms with van der Waals surface area (Å²) >= 11 is 0. The monoisotopic (exact) mass is 164 g/mol. The quantitative estimate of drug-likeness (QED) is 0.487. The van der Waals surface area contributed by atoms with E-state index in [1.54, 1.807) is 18.2 Å². The van der Waals surface area contributed by atoms with Crippen molar-refractivity contribution in [3.8, 4) is 5.88 Å². The summed E-state index contributed by atoms with van der Waals surface area (Å²) in [6.07, 6.45) is 3.61. The number of carbonyl (C=O) groups excluding carboxylic acids is 1. The van der Waals surface area contributed by atoms with E-state index in [1.807, 2.05) is 0 Å². The summed E-state index contributed by atoms with van der Waals surface area (Å²) in [4.78, 5) is 9.94. The molecule has 0 atom stereocenters. The highest BCUT2D eigenvalue weighted by Gasteiger charge is 1.91. The van der Waals surface area contributed by atoms with Gasteiger partial charge in [0.15, 0.2) is 0 Å². The fourth-order valence-corrected chi connectivity index (χ4v) is 0.666. The van der Waals surface area contributed by atoms with Gasteiger partial charge in [0.25, 0.3) is 0 Å². The van der Waals surface area contributed by atoms with Crippen LogP contribution in [0.2, 0.25) is 0 Å². The zero-order chi connectivity index (χ0) is 8.81. The van der Waals surface area contributed by atoms with Gasteiger partial charge in [-0.15, -0.1) is 10.2 Å². The second-order valence-electron chi connectivity index (χ2n) is 2.00. The van der Waals surface area contributed by atoms with Crippen molar-refractivity contribution in [2.24, 2.45) is 0 Å². The average Bonchev–Trinajstić information content (AvgIpc) is 2.15. The maximum atomic E-state index is 9.94. The first kappa shape index (κ1) is 8.39. The summed E-state index contributed by atoms with van der Waals surface area (Å²) in [6.45, 7) is 0. The minimum atomic E-state index is 0.457.